The van der Waals surface area contributed by atoms with Gasteiger partial charge >= 0.3 is 0 Å². The topological polar surface area (TPSA) is 62.6 Å². The van der Waals surface area contributed by atoms with Crippen LogP contribution in [0, 0.1) is 5.92 Å². The van der Waals surface area contributed by atoms with Crippen molar-refractivity contribution in [2.24, 2.45) is 5.92 Å². The number of benzene rings is 1. The first kappa shape index (κ1) is 14.5. The molecule has 1 N–H and O–H groups in total. The van der Waals surface area contributed by atoms with E-state index in [0.29, 0.717) is 16.9 Å². The summed E-state index contributed by atoms with van der Waals surface area (Å²) in [6.45, 7) is 4.75. The van der Waals surface area contributed by atoms with Crippen molar-refractivity contribution in [3.63, 3.8) is 0 Å². The minimum atomic E-state index is -0.112. The Morgan fingerprint density at radius 1 is 1.26 bits per heavy atom. The molecular formula is C18H20N2O3. The number of nitrogens with zero attached hydrogens (tertiary/aromatic N) is 1. The van der Waals surface area contributed by atoms with Crippen LogP contribution in [0.25, 0.3) is 11.0 Å². The fourth-order valence-electron chi connectivity index (χ4n) is 3.78. The van der Waals surface area contributed by atoms with E-state index in [0.717, 1.165) is 30.8 Å². The maximum Gasteiger partial charge on any atom is 0.251 e. The maximum atomic E-state index is 12.5. The Balaban J connectivity index is 1.51. The lowest BCUT2D eigenvalue weighted by Gasteiger charge is -2.30. The second kappa shape index (κ2) is 5.49. The molecule has 2 fully saturated rings. The van der Waals surface area contributed by atoms with E-state index in [1.165, 1.54) is 19.9 Å². The van der Waals surface area contributed by atoms with Crippen LogP contribution in [0.5, 0.6) is 0 Å². The molecule has 120 valence electrons. The lowest BCUT2D eigenvalue weighted by atomic mass is 9.96. The molecule has 0 radical (unpaired) electrons. The zero-order valence-electron chi connectivity index (χ0n) is 13.2. The number of rotatable bonds is 3. The molecule has 5 heteroatoms. The Morgan fingerprint density at radius 3 is 2.91 bits per heavy atom. The minimum Gasteiger partial charge on any atom is -0.453 e. The molecule has 2 aliphatic rings. The molecule has 2 aromatic rings. The van der Waals surface area contributed by atoms with Crippen molar-refractivity contribution in [2.45, 2.75) is 25.8 Å². The van der Waals surface area contributed by atoms with Gasteiger partial charge in [0, 0.05) is 37.0 Å². The first-order chi connectivity index (χ1) is 11.1. The lowest BCUT2D eigenvalue weighted by molar-refractivity contribution is 0.0909. The van der Waals surface area contributed by atoms with Crippen LogP contribution in [-0.4, -0.2) is 42.3 Å². The molecule has 0 aliphatic carbocycles. The van der Waals surface area contributed by atoms with Gasteiger partial charge in [0.2, 0.25) is 0 Å². The van der Waals surface area contributed by atoms with Crippen LogP contribution in [-0.2, 0) is 0 Å². The molecule has 2 bridgehead atoms. The van der Waals surface area contributed by atoms with Crippen molar-refractivity contribution < 1.29 is 14.0 Å². The van der Waals surface area contributed by atoms with Gasteiger partial charge < -0.3 is 14.6 Å². The molecule has 3 heterocycles. The number of piperidine rings is 1. The van der Waals surface area contributed by atoms with Gasteiger partial charge in [-0.15, -0.1) is 0 Å². The lowest BCUT2D eigenvalue weighted by Crippen LogP contribution is -2.47. The Hall–Kier alpha value is -2.14. The van der Waals surface area contributed by atoms with Gasteiger partial charge in [-0.05, 0) is 43.5 Å². The summed E-state index contributed by atoms with van der Waals surface area (Å²) in [5, 5.41) is 3.98. The molecule has 1 amide bonds. The third-order valence-electron chi connectivity index (χ3n) is 4.93. The molecule has 5 nitrogen and oxygen atoms in total. The number of carbonyl (C=O) groups excluding carboxylic acids is 2. The van der Waals surface area contributed by atoms with Crippen LogP contribution < -0.4 is 5.32 Å². The van der Waals surface area contributed by atoms with Gasteiger partial charge in [0.1, 0.15) is 5.58 Å². The Labute approximate surface area is 134 Å². The fraction of sp³-hybridized carbons (Fsp3) is 0.444. The van der Waals surface area contributed by atoms with Crippen molar-refractivity contribution in [3.05, 3.63) is 35.6 Å². The highest BCUT2D eigenvalue weighted by molar-refractivity contribution is 6.00. The monoisotopic (exact) mass is 312 g/mol. The van der Waals surface area contributed by atoms with Crippen LogP contribution >= 0.6 is 0 Å². The average Bonchev–Trinajstić information content (AvgIpc) is 3.09. The van der Waals surface area contributed by atoms with Crippen LogP contribution in [0.1, 0.15) is 40.7 Å². The van der Waals surface area contributed by atoms with Crippen LogP contribution in [0.3, 0.4) is 0 Å². The molecular weight excluding hydrogens is 292 g/mol. The average molecular weight is 312 g/mol. The van der Waals surface area contributed by atoms with Crippen molar-refractivity contribution in [1.82, 2.24) is 10.2 Å². The van der Waals surface area contributed by atoms with E-state index in [-0.39, 0.29) is 17.7 Å². The van der Waals surface area contributed by atoms with E-state index in [1.54, 1.807) is 18.2 Å². The van der Waals surface area contributed by atoms with Crippen molar-refractivity contribution in [2.75, 3.05) is 19.6 Å². The number of fused-ring (bicyclic) bond motifs is 3. The van der Waals surface area contributed by atoms with Gasteiger partial charge in [-0.1, -0.05) is 6.07 Å². The summed E-state index contributed by atoms with van der Waals surface area (Å²) in [6, 6.07) is 7.27. The first-order valence-corrected chi connectivity index (χ1v) is 8.16. The van der Waals surface area contributed by atoms with Gasteiger partial charge in [-0.3, -0.25) is 9.59 Å². The van der Waals surface area contributed by atoms with Crippen molar-refractivity contribution >= 4 is 22.7 Å². The number of hydrogen-bond acceptors (Lipinski definition) is 4. The molecule has 4 rings (SSSR count). The van der Waals surface area contributed by atoms with Crippen LogP contribution in [0.4, 0.5) is 0 Å². The molecule has 0 saturated carbocycles. The second-order valence-corrected chi connectivity index (χ2v) is 6.74. The highest BCUT2D eigenvalue weighted by Crippen LogP contribution is 2.27. The van der Waals surface area contributed by atoms with Gasteiger partial charge in [0.15, 0.2) is 11.5 Å². The largest absolute Gasteiger partial charge is 0.453 e. The van der Waals surface area contributed by atoms with Gasteiger partial charge in [0.25, 0.3) is 5.91 Å². The number of furan rings is 1. The van der Waals surface area contributed by atoms with E-state index in [9.17, 15) is 9.59 Å². The number of Topliss-reactive ketones (excluding diaryl/α,β-unsaturated/α-hetero) is 1. The summed E-state index contributed by atoms with van der Waals surface area (Å²) in [6.07, 6.45) is 2.32. The minimum absolute atomic E-state index is 0.0693. The normalized spacial score (nSPS) is 26.4. The Morgan fingerprint density at radius 2 is 2.13 bits per heavy atom. The van der Waals surface area contributed by atoms with E-state index >= 15 is 0 Å². The Bertz CT molecular complexity index is 768. The maximum absolute atomic E-state index is 12.5. The summed E-state index contributed by atoms with van der Waals surface area (Å²) < 4.78 is 5.52. The summed E-state index contributed by atoms with van der Waals surface area (Å²) in [5.41, 5.74) is 1.16. The zero-order chi connectivity index (χ0) is 16.0. The molecule has 2 aliphatic heterocycles. The van der Waals surface area contributed by atoms with Gasteiger partial charge in [-0.25, -0.2) is 0 Å². The van der Waals surface area contributed by atoms with E-state index in [1.807, 2.05) is 6.07 Å². The predicted molar refractivity (Wildman–Crippen MR) is 86.6 cm³/mol. The van der Waals surface area contributed by atoms with Crippen molar-refractivity contribution in [3.8, 4) is 0 Å². The third kappa shape index (κ3) is 2.77. The predicted octanol–water partition coefficient (Wildman–Crippen LogP) is 2.46. The van der Waals surface area contributed by atoms with Crippen molar-refractivity contribution in [1.29, 1.82) is 0 Å². The molecule has 23 heavy (non-hydrogen) atoms. The highest BCUT2D eigenvalue weighted by atomic mass is 16.3. The van der Waals surface area contributed by atoms with Gasteiger partial charge in [0.05, 0.1) is 0 Å². The smallest absolute Gasteiger partial charge is 0.251 e. The summed E-state index contributed by atoms with van der Waals surface area (Å²) in [4.78, 5) is 26.3. The van der Waals surface area contributed by atoms with Crippen LogP contribution in [0.2, 0.25) is 0 Å². The summed E-state index contributed by atoms with van der Waals surface area (Å²) in [5.74, 6) is 0.869. The Kier molecular flexibility index (Phi) is 3.45. The number of carbonyl (C=O) groups is 2. The second-order valence-electron chi connectivity index (χ2n) is 6.74. The number of ketones is 1. The standard InChI is InChI=1S/C18H20N2O3/c1-11(21)16-7-13-2-3-14(8-17(13)23-16)18(22)19-15-6-12-4-5-20(9-12)10-15/h2-3,7-8,12,15H,4-6,9-10H2,1H3,(H,19,22). The summed E-state index contributed by atoms with van der Waals surface area (Å²) in [7, 11) is 0. The SMILES string of the molecule is CC(=O)c1cc2ccc(C(=O)NC3CC4CCN(C4)C3)cc2o1. The van der Waals surface area contributed by atoms with Crippen LogP contribution in [0.15, 0.2) is 28.7 Å². The molecule has 1 aromatic carbocycles. The number of hydrogen-bond donors (Lipinski definition) is 1. The fourth-order valence-corrected chi connectivity index (χ4v) is 3.78. The van der Waals surface area contributed by atoms with E-state index < -0.39 is 0 Å². The molecule has 3 unspecified atom stereocenters. The number of nitrogens with one attached hydrogen (secondary N) is 1. The van der Waals surface area contributed by atoms with E-state index in [2.05, 4.69) is 10.2 Å². The quantitative estimate of drug-likeness (QED) is 0.884. The third-order valence-corrected chi connectivity index (χ3v) is 4.93. The molecule has 1 aromatic heterocycles. The first-order valence-electron chi connectivity index (χ1n) is 8.16. The van der Waals surface area contributed by atoms with E-state index in [4.69, 9.17) is 4.42 Å². The highest BCUT2D eigenvalue weighted by Gasteiger charge is 2.33. The summed E-state index contributed by atoms with van der Waals surface area (Å²) >= 11 is 0. The molecule has 2 saturated heterocycles. The number of amides is 1. The zero-order valence-corrected chi connectivity index (χ0v) is 13.2. The van der Waals surface area contributed by atoms with Gasteiger partial charge in [-0.2, -0.15) is 0 Å². The molecule has 0 spiro atoms. The molecule has 3 atom stereocenters.